The van der Waals surface area contributed by atoms with Crippen LogP contribution in [0.15, 0.2) is 24.3 Å². The first-order valence-corrected chi connectivity index (χ1v) is 19.4. The molecule has 345 valence electrons. The summed E-state index contributed by atoms with van der Waals surface area (Å²) in [6.07, 6.45) is -0.405. The molecule has 1 aromatic rings. The Hall–Kier alpha value is -6.24. The molecule has 0 heterocycles. The van der Waals surface area contributed by atoms with Gasteiger partial charge in [-0.3, -0.25) is 47.9 Å². The molecule has 0 saturated carbocycles. The van der Waals surface area contributed by atoms with E-state index >= 15 is 0 Å². The number of aliphatic hydroxyl groups is 3. The number of carbonyl (C=O) groups excluding carboxylic acids is 8. The Kier molecular flexibility index (Phi) is 23.3. The molecule has 0 aliphatic heterocycles. The second-order valence-electron chi connectivity index (χ2n) is 14.9. The first-order chi connectivity index (χ1) is 29.1. The van der Waals surface area contributed by atoms with Crippen molar-refractivity contribution in [3.8, 4) is 5.75 Å². The summed E-state index contributed by atoms with van der Waals surface area (Å²) in [5, 5.41) is 73.1. The molecule has 24 nitrogen and oxygen atoms in total. The lowest BCUT2D eigenvalue weighted by atomic mass is 10.00. The van der Waals surface area contributed by atoms with Crippen LogP contribution in [0, 0.1) is 11.8 Å². The van der Waals surface area contributed by atoms with Crippen molar-refractivity contribution in [3.63, 3.8) is 0 Å². The number of carbonyl (C=O) groups is 9. The number of benzene rings is 1. The smallest absolute Gasteiger partial charge is 0.305 e. The van der Waals surface area contributed by atoms with E-state index in [4.69, 9.17) is 15.9 Å². The van der Waals surface area contributed by atoms with E-state index < -0.39 is 140 Å². The minimum atomic E-state index is -1.83. The van der Waals surface area contributed by atoms with Gasteiger partial charge < -0.3 is 73.6 Å². The van der Waals surface area contributed by atoms with E-state index in [-0.39, 0.29) is 30.9 Å². The molecule has 0 aromatic heterocycles. The molecule has 0 spiro atoms. The number of rotatable bonds is 28. The van der Waals surface area contributed by atoms with Crippen molar-refractivity contribution in [2.75, 3.05) is 19.8 Å². The van der Waals surface area contributed by atoms with Crippen molar-refractivity contribution in [2.24, 2.45) is 17.6 Å². The van der Waals surface area contributed by atoms with E-state index in [1.54, 1.807) is 20.1 Å². The molecular weight excluding hydrogens is 824 g/mol. The molecule has 62 heavy (non-hydrogen) atoms. The van der Waals surface area contributed by atoms with Crippen LogP contribution < -0.4 is 43.0 Å². The van der Waals surface area contributed by atoms with E-state index in [9.17, 15) is 68.4 Å². The van der Waals surface area contributed by atoms with E-state index in [2.05, 4.69) is 37.2 Å². The molecule has 1 rings (SSSR count). The van der Waals surface area contributed by atoms with Gasteiger partial charge in [-0.05, 0) is 42.4 Å². The SMILES string of the molecule is CC(C)C[C@H](NC(=O)[C@H](Cc1ccc(O)cc1)NC(=O)[C@H](CO)NC(=O)[C@H](CO)NC(=O)[C@@H](NC(=O)[C@H](CC(=O)O)NC(=O)[C@@H](N)CO)C(C)C)C(=O)N[C@H]([C]=O)CCC(=O)O. The first-order valence-electron chi connectivity index (χ1n) is 19.4. The fraction of sp³-hybridized carbons (Fsp3) is 0.579. The number of phenols is 1. The number of nitrogens with one attached hydrogen (secondary N) is 7. The van der Waals surface area contributed by atoms with E-state index in [0.717, 1.165) is 0 Å². The molecule has 24 heteroatoms. The van der Waals surface area contributed by atoms with Crippen LogP contribution in [-0.2, 0) is 54.4 Å². The van der Waals surface area contributed by atoms with E-state index in [0.29, 0.717) is 5.56 Å². The maximum Gasteiger partial charge on any atom is 0.305 e. The fourth-order valence-corrected chi connectivity index (χ4v) is 5.48. The highest BCUT2D eigenvalue weighted by atomic mass is 16.4. The minimum Gasteiger partial charge on any atom is -0.508 e. The number of aliphatic hydroxyl groups excluding tert-OH is 3. The van der Waals surface area contributed by atoms with Crippen molar-refractivity contribution in [1.82, 2.24) is 37.2 Å². The summed E-state index contributed by atoms with van der Waals surface area (Å²) >= 11 is 0. The van der Waals surface area contributed by atoms with Gasteiger partial charge in [0.1, 0.15) is 48.0 Å². The molecule has 8 atom stereocenters. The van der Waals surface area contributed by atoms with Crippen LogP contribution in [0.4, 0.5) is 0 Å². The van der Waals surface area contributed by atoms with Crippen LogP contribution in [0.5, 0.6) is 5.75 Å². The van der Waals surface area contributed by atoms with Gasteiger partial charge in [-0.2, -0.15) is 0 Å². The number of phenolic OH excluding ortho intramolecular Hbond substituents is 1. The molecule has 0 bridgehead atoms. The molecule has 0 aliphatic carbocycles. The Bertz CT molecular complexity index is 1730. The molecule has 0 fully saturated rings. The zero-order chi connectivity index (χ0) is 47.3. The van der Waals surface area contributed by atoms with Crippen LogP contribution in [0.25, 0.3) is 0 Å². The molecule has 15 N–H and O–H groups in total. The first kappa shape index (κ1) is 53.8. The van der Waals surface area contributed by atoms with Crippen molar-refractivity contribution in [3.05, 3.63) is 29.8 Å². The highest BCUT2D eigenvalue weighted by Gasteiger charge is 2.35. The average Bonchev–Trinajstić information content (AvgIpc) is 3.20. The summed E-state index contributed by atoms with van der Waals surface area (Å²) in [7, 11) is 0. The van der Waals surface area contributed by atoms with Crippen molar-refractivity contribution < 1.29 is 78.6 Å². The average molecular weight is 882 g/mol. The Balaban J connectivity index is 3.28. The number of carboxylic acid groups (broad SMARTS) is 2. The molecule has 0 aliphatic rings. The molecule has 1 aromatic carbocycles. The standard InChI is InChI=1S/C38H57N8O16/c1-18(2)11-24(33(57)40-21(14-47)7-10-29(52)53)42-34(58)25(12-20-5-8-22(51)9-6-20)43-36(60)27(16-49)44-37(61)28(17-50)45-38(62)31(19(3)4)46-35(59)26(13-30(54)55)41-32(56)23(39)15-48/h5-6,8-9,18-19,21,23-28,31,48-51H,7,10-13,15-17,39H2,1-4H3,(H,40,57)(H,41,56)(H,42,58)(H,43,60)(H,44,61)(H,45,62)(H,46,59)(H,52,53)(H,54,55)/t21-,23-,24-,25-,26-,27-,28-,31-/m0/s1. The normalized spacial score (nSPS) is 14.9. The number of hydrogen-bond acceptors (Lipinski definition) is 15. The Morgan fingerprint density at radius 2 is 1.06 bits per heavy atom. The molecular formula is C38H57N8O16. The lowest BCUT2D eigenvalue weighted by Crippen LogP contribution is -2.62. The van der Waals surface area contributed by atoms with Crippen LogP contribution in [0.3, 0.4) is 0 Å². The molecule has 1 radical (unpaired) electrons. The maximum atomic E-state index is 13.8. The Morgan fingerprint density at radius 3 is 1.53 bits per heavy atom. The number of aromatic hydroxyl groups is 1. The second-order valence-corrected chi connectivity index (χ2v) is 14.9. The highest BCUT2D eigenvalue weighted by molar-refractivity contribution is 5.98. The summed E-state index contributed by atoms with van der Waals surface area (Å²) < 4.78 is 0. The molecule has 0 saturated heterocycles. The van der Waals surface area contributed by atoms with Gasteiger partial charge in [-0.1, -0.05) is 39.8 Å². The summed E-state index contributed by atoms with van der Waals surface area (Å²) in [4.78, 5) is 126. The van der Waals surface area contributed by atoms with Gasteiger partial charge in [0, 0.05) is 12.8 Å². The highest BCUT2D eigenvalue weighted by Crippen LogP contribution is 2.13. The largest absolute Gasteiger partial charge is 0.508 e. The van der Waals surface area contributed by atoms with Gasteiger partial charge in [0.25, 0.3) is 0 Å². The van der Waals surface area contributed by atoms with Crippen molar-refractivity contribution >= 4 is 59.6 Å². The number of nitrogens with two attached hydrogens (primary N) is 1. The van der Waals surface area contributed by atoms with Crippen LogP contribution in [0.1, 0.15) is 58.9 Å². The van der Waals surface area contributed by atoms with Crippen LogP contribution in [0.2, 0.25) is 0 Å². The topological polar surface area (TPSA) is 402 Å². The monoisotopic (exact) mass is 881 g/mol. The maximum absolute atomic E-state index is 13.8. The van der Waals surface area contributed by atoms with Gasteiger partial charge in [0.2, 0.25) is 47.6 Å². The van der Waals surface area contributed by atoms with Crippen molar-refractivity contribution in [2.45, 2.75) is 108 Å². The summed E-state index contributed by atoms with van der Waals surface area (Å²) in [6.45, 7) is 3.37. The zero-order valence-corrected chi connectivity index (χ0v) is 34.6. The third kappa shape index (κ3) is 19.0. The third-order valence-corrected chi connectivity index (χ3v) is 8.88. The predicted octanol–water partition coefficient (Wildman–Crippen LogP) is -5.22. The Morgan fingerprint density at radius 1 is 0.597 bits per heavy atom. The minimum absolute atomic E-state index is 0.0196. The lowest BCUT2D eigenvalue weighted by molar-refractivity contribution is -0.141. The van der Waals surface area contributed by atoms with E-state index in [1.807, 2.05) is 0 Å². The molecule has 0 unspecified atom stereocenters. The third-order valence-electron chi connectivity index (χ3n) is 8.88. The summed E-state index contributed by atoms with van der Waals surface area (Å²) in [5.41, 5.74) is 5.82. The van der Waals surface area contributed by atoms with Gasteiger partial charge >= 0.3 is 11.9 Å². The lowest BCUT2D eigenvalue weighted by Gasteiger charge is -2.28. The van der Waals surface area contributed by atoms with Gasteiger partial charge in [-0.15, -0.1) is 0 Å². The van der Waals surface area contributed by atoms with Gasteiger partial charge in [0.05, 0.1) is 32.3 Å². The molecule has 7 amide bonds. The number of aliphatic carboxylic acids is 2. The summed E-state index contributed by atoms with van der Waals surface area (Å²) in [5.74, 6) is -11.3. The van der Waals surface area contributed by atoms with Gasteiger partial charge in [0.15, 0.2) is 0 Å². The number of amides is 7. The predicted molar refractivity (Wildman–Crippen MR) is 214 cm³/mol. The Labute approximate surface area is 356 Å². The van der Waals surface area contributed by atoms with Crippen LogP contribution >= 0.6 is 0 Å². The van der Waals surface area contributed by atoms with Gasteiger partial charge in [-0.25, -0.2) is 0 Å². The van der Waals surface area contributed by atoms with E-state index in [1.165, 1.54) is 38.1 Å². The quantitative estimate of drug-likeness (QED) is 0.0374. The number of hydrogen-bond donors (Lipinski definition) is 14. The summed E-state index contributed by atoms with van der Waals surface area (Å²) in [6, 6.07) is -7.13. The number of carboxylic acids is 2. The zero-order valence-electron chi connectivity index (χ0n) is 34.6. The van der Waals surface area contributed by atoms with Crippen LogP contribution in [-0.4, -0.2) is 158 Å². The second kappa shape index (κ2) is 26.9. The van der Waals surface area contributed by atoms with Crippen molar-refractivity contribution in [1.29, 1.82) is 0 Å². The fourth-order valence-electron chi connectivity index (χ4n) is 5.48.